The van der Waals surface area contributed by atoms with Crippen LogP contribution in [0.3, 0.4) is 0 Å². The van der Waals surface area contributed by atoms with E-state index < -0.39 is 10.0 Å². The smallest absolute Gasteiger partial charge is 0.238 e. The van der Waals surface area contributed by atoms with Crippen molar-refractivity contribution in [3.05, 3.63) is 52.7 Å². The number of halogens is 1. The average Bonchev–Trinajstić information content (AvgIpc) is 2.44. The van der Waals surface area contributed by atoms with Gasteiger partial charge in [-0.2, -0.15) is 5.26 Å². The Labute approximate surface area is 127 Å². The van der Waals surface area contributed by atoms with Crippen LogP contribution in [-0.4, -0.2) is 13.4 Å². The first kappa shape index (κ1) is 15.3. The Morgan fingerprint density at radius 3 is 2.52 bits per heavy atom. The topological polar surface area (TPSA) is 109 Å². The van der Waals surface area contributed by atoms with Crippen LogP contribution in [0.4, 0.5) is 5.82 Å². The Morgan fingerprint density at radius 1 is 1.29 bits per heavy atom. The van der Waals surface area contributed by atoms with E-state index in [1.54, 1.807) is 18.2 Å². The summed E-state index contributed by atoms with van der Waals surface area (Å²) in [5.74, 6) is 0.467. The summed E-state index contributed by atoms with van der Waals surface area (Å²) in [7, 11) is -3.69. The number of primary sulfonamides is 1. The van der Waals surface area contributed by atoms with Crippen molar-refractivity contribution in [3.8, 4) is 6.07 Å². The largest absolute Gasteiger partial charge is 0.366 e. The van der Waals surface area contributed by atoms with E-state index in [-0.39, 0.29) is 10.0 Å². The Kier molecular flexibility index (Phi) is 4.43. The average molecular weight is 323 g/mol. The summed E-state index contributed by atoms with van der Waals surface area (Å²) < 4.78 is 22.3. The van der Waals surface area contributed by atoms with E-state index in [0.717, 1.165) is 5.56 Å². The molecular formula is C13H11ClN4O2S. The van der Waals surface area contributed by atoms with Crippen molar-refractivity contribution in [3.63, 3.8) is 0 Å². The lowest BCUT2D eigenvalue weighted by molar-refractivity contribution is 0.598. The molecule has 2 rings (SSSR count). The van der Waals surface area contributed by atoms with Crippen LogP contribution >= 0.6 is 11.6 Å². The second-order valence-corrected chi connectivity index (χ2v) is 6.17. The van der Waals surface area contributed by atoms with E-state index in [2.05, 4.69) is 10.3 Å². The molecule has 0 saturated heterocycles. The third kappa shape index (κ3) is 4.16. The summed E-state index contributed by atoms with van der Waals surface area (Å²) in [5, 5.41) is 17.1. The second-order valence-electron chi connectivity index (χ2n) is 4.22. The van der Waals surface area contributed by atoms with Crippen LogP contribution in [0, 0.1) is 11.3 Å². The Morgan fingerprint density at radius 2 is 1.95 bits per heavy atom. The quantitative estimate of drug-likeness (QED) is 0.835. The van der Waals surface area contributed by atoms with Gasteiger partial charge in [-0.05, 0) is 29.8 Å². The maximum absolute atomic E-state index is 11.1. The van der Waals surface area contributed by atoms with Crippen LogP contribution in [0.25, 0.3) is 0 Å². The van der Waals surface area contributed by atoms with E-state index in [0.29, 0.717) is 17.9 Å². The third-order valence-corrected chi connectivity index (χ3v) is 3.77. The Bertz CT molecular complexity index is 798. The molecule has 21 heavy (non-hydrogen) atoms. The molecule has 108 valence electrons. The number of benzene rings is 1. The summed E-state index contributed by atoms with van der Waals surface area (Å²) in [6.45, 7) is 0.406. The number of nitrogens with zero attached hydrogens (tertiary/aromatic N) is 2. The predicted molar refractivity (Wildman–Crippen MR) is 79.1 cm³/mol. The SMILES string of the molecule is N#Cc1cc(Cl)nc(NCc2ccc(S(N)(=O)=O)cc2)c1. The zero-order chi connectivity index (χ0) is 15.5. The molecule has 0 amide bonds. The fraction of sp³-hybridized carbons (Fsp3) is 0.0769. The molecular weight excluding hydrogens is 312 g/mol. The zero-order valence-corrected chi connectivity index (χ0v) is 12.3. The van der Waals surface area contributed by atoms with Gasteiger partial charge in [0, 0.05) is 6.54 Å². The normalized spacial score (nSPS) is 10.9. The minimum Gasteiger partial charge on any atom is -0.366 e. The van der Waals surface area contributed by atoms with Crippen LogP contribution in [0.15, 0.2) is 41.3 Å². The summed E-state index contributed by atoms with van der Waals surface area (Å²) in [5.41, 5.74) is 1.24. The number of pyridine rings is 1. The molecule has 0 bridgehead atoms. The number of rotatable bonds is 4. The molecule has 1 aromatic carbocycles. The maximum Gasteiger partial charge on any atom is 0.238 e. The molecule has 0 atom stereocenters. The Hall–Kier alpha value is -2.14. The first-order chi connectivity index (χ1) is 9.88. The molecule has 0 aliphatic carbocycles. The highest BCUT2D eigenvalue weighted by Gasteiger charge is 2.07. The molecule has 0 aliphatic heterocycles. The first-order valence-electron chi connectivity index (χ1n) is 5.82. The predicted octanol–water partition coefficient (Wildman–Crippen LogP) is 1.87. The van der Waals surface area contributed by atoms with Gasteiger partial charge in [-0.15, -0.1) is 0 Å². The van der Waals surface area contributed by atoms with Gasteiger partial charge in [0.15, 0.2) is 0 Å². The van der Waals surface area contributed by atoms with Crippen LogP contribution in [0.2, 0.25) is 5.15 Å². The minimum absolute atomic E-state index is 0.0545. The Balaban J connectivity index is 2.10. The van der Waals surface area contributed by atoms with E-state index in [9.17, 15) is 8.42 Å². The van der Waals surface area contributed by atoms with Gasteiger partial charge in [0.25, 0.3) is 0 Å². The number of anilines is 1. The summed E-state index contributed by atoms with van der Waals surface area (Å²) in [4.78, 5) is 4.10. The summed E-state index contributed by atoms with van der Waals surface area (Å²) in [6.07, 6.45) is 0. The first-order valence-corrected chi connectivity index (χ1v) is 7.74. The van der Waals surface area contributed by atoms with E-state index in [1.807, 2.05) is 6.07 Å². The second kappa shape index (κ2) is 6.10. The molecule has 0 spiro atoms. The van der Waals surface area contributed by atoms with Crippen LogP contribution in [-0.2, 0) is 16.6 Å². The molecule has 1 heterocycles. The lowest BCUT2D eigenvalue weighted by Gasteiger charge is -2.07. The van der Waals surface area contributed by atoms with E-state index in [1.165, 1.54) is 18.2 Å². The van der Waals surface area contributed by atoms with Crippen molar-refractivity contribution in [2.45, 2.75) is 11.4 Å². The van der Waals surface area contributed by atoms with E-state index in [4.69, 9.17) is 22.0 Å². The molecule has 6 nitrogen and oxygen atoms in total. The molecule has 0 fully saturated rings. The number of sulfonamides is 1. The van der Waals surface area contributed by atoms with Gasteiger partial charge in [-0.3, -0.25) is 0 Å². The van der Waals surface area contributed by atoms with Crippen LogP contribution in [0.1, 0.15) is 11.1 Å². The maximum atomic E-state index is 11.1. The minimum atomic E-state index is -3.69. The van der Waals surface area contributed by atoms with Crippen molar-refractivity contribution in [1.82, 2.24) is 4.98 Å². The van der Waals surface area contributed by atoms with Crippen molar-refractivity contribution in [2.24, 2.45) is 5.14 Å². The molecule has 0 unspecified atom stereocenters. The molecule has 8 heteroatoms. The van der Waals surface area contributed by atoms with Gasteiger partial charge in [-0.1, -0.05) is 23.7 Å². The molecule has 1 aromatic heterocycles. The highest BCUT2D eigenvalue weighted by Crippen LogP contribution is 2.15. The van der Waals surface area contributed by atoms with Gasteiger partial charge in [-0.25, -0.2) is 18.5 Å². The van der Waals surface area contributed by atoms with Gasteiger partial charge < -0.3 is 5.32 Å². The highest BCUT2D eigenvalue weighted by molar-refractivity contribution is 7.89. The monoisotopic (exact) mass is 322 g/mol. The van der Waals surface area contributed by atoms with Gasteiger partial charge >= 0.3 is 0 Å². The third-order valence-electron chi connectivity index (χ3n) is 2.65. The van der Waals surface area contributed by atoms with Crippen LogP contribution < -0.4 is 10.5 Å². The molecule has 0 aliphatic rings. The standard InChI is InChI=1S/C13H11ClN4O2S/c14-12-5-10(7-15)6-13(18-12)17-8-9-1-3-11(4-2-9)21(16,19)20/h1-6H,8H2,(H,17,18)(H2,16,19,20). The van der Waals surface area contributed by atoms with Gasteiger partial charge in [0.05, 0.1) is 16.5 Å². The van der Waals surface area contributed by atoms with Gasteiger partial charge in [0.1, 0.15) is 11.0 Å². The fourth-order valence-corrected chi connectivity index (χ4v) is 2.37. The lowest BCUT2D eigenvalue weighted by atomic mass is 10.2. The molecule has 3 N–H and O–H groups in total. The van der Waals surface area contributed by atoms with Crippen LogP contribution in [0.5, 0.6) is 0 Å². The zero-order valence-electron chi connectivity index (χ0n) is 10.7. The van der Waals surface area contributed by atoms with Crippen molar-refractivity contribution >= 4 is 27.4 Å². The summed E-state index contributed by atoms with van der Waals surface area (Å²) in [6, 6.07) is 11.2. The lowest BCUT2D eigenvalue weighted by Crippen LogP contribution is -2.12. The van der Waals surface area contributed by atoms with Crippen molar-refractivity contribution in [2.75, 3.05) is 5.32 Å². The highest BCUT2D eigenvalue weighted by atomic mass is 35.5. The number of hydrogen-bond acceptors (Lipinski definition) is 5. The van der Waals surface area contributed by atoms with E-state index >= 15 is 0 Å². The number of nitrogens with one attached hydrogen (secondary N) is 1. The number of aromatic nitrogens is 1. The fourth-order valence-electron chi connectivity index (χ4n) is 1.64. The number of nitriles is 1. The van der Waals surface area contributed by atoms with Crippen molar-refractivity contribution in [1.29, 1.82) is 5.26 Å². The van der Waals surface area contributed by atoms with Crippen molar-refractivity contribution < 1.29 is 8.42 Å². The number of hydrogen-bond donors (Lipinski definition) is 2. The molecule has 2 aromatic rings. The molecule has 0 radical (unpaired) electrons. The summed E-state index contributed by atoms with van der Waals surface area (Å²) >= 11 is 5.80. The number of nitrogens with two attached hydrogens (primary N) is 1. The molecule has 0 saturated carbocycles. The van der Waals surface area contributed by atoms with Gasteiger partial charge in [0.2, 0.25) is 10.0 Å².